The Labute approximate surface area is 198 Å². The SMILES string of the molecule is CCCCCCCCCC1CCC(c2ccc(CCCCCCCC(=O)O)c(C)c2)CC1. The van der Waals surface area contributed by atoms with Crippen LogP contribution in [0.1, 0.15) is 145 Å². The standard InChI is InChI=1S/C30H50O2/c1-3-4-5-6-7-9-12-15-26-18-20-28(21-19-26)29-23-22-27(25(2)24-29)16-13-10-8-11-14-17-30(31)32/h22-24,26,28H,3-21H2,1-2H3,(H,31,32). The summed E-state index contributed by atoms with van der Waals surface area (Å²) in [5, 5.41) is 8.70. The summed E-state index contributed by atoms with van der Waals surface area (Å²) in [7, 11) is 0. The molecule has 1 aliphatic carbocycles. The molecule has 0 amide bonds. The van der Waals surface area contributed by atoms with Crippen LogP contribution < -0.4 is 0 Å². The van der Waals surface area contributed by atoms with Crippen molar-refractivity contribution < 1.29 is 9.90 Å². The minimum absolute atomic E-state index is 0.321. The van der Waals surface area contributed by atoms with Crippen molar-refractivity contribution in [1.82, 2.24) is 0 Å². The van der Waals surface area contributed by atoms with Gasteiger partial charge in [-0.15, -0.1) is 0 Å². The molecule has 32 heavy (non-hydrogen) atoms. The Morgan fingerprint density at radius 2 is 1.47 bits per heavy atom. The smallest absolute Gasteiger partial charge is 0.303 e. The van der Waals surface area contributed by atoms with E-state index >= 15 is 0 Å². The molecule has 2 heteroatoms. The Balaban J connectivity index is 1.60. The van der Waals surface area contributed by atoms with E-state index in [1.165, 1.54) is 101 Å². The maximum atomic E-state index is 10.6. The molecular formula is C30H50O2. The van der Waals surface area contributed by atoms with Crippen molar-refractivity contribution in [2.45, 2.75) is 142 Å². The Hall–Kier alpha value is -1.31. The third-order valence-corrected chi connectivity index (χ3v) is 7.74. The van der Waals surface area contributed by atoms with Gasteiger partial charge in [0.1, 0.15) is 0 Å². The van der Waals surface area contributed by atoms with Gasteiger partial charge in [0.2, 0.25) is 0 Å². The molecule has 0 saturated heterocycles. The minimum atomic E-state index is -0.664. The molecule has 1 N–H and O–H groups in total. The Morgan fingerprint density at radius 3 is 2.12 bits per heavy atom. The summed E-state index contributed by atoms with van der Waals surface area (Å²) in [6.07, 6.45) is 24.1. The predicted molar refractivity (Wildman–Crippen MR) is 138 cm³/mol. The van der Waals surface area contributed by atoms with Crippen LogP contribution >= 0.6 is 0 Å². The summed E-state index contributed by atoms with van der Waals surface area (Å²) in [5.74, 6) is 1.10. The highest BCUT2D eigenvalue weighted by Gasteiger charge is 2.22. The number of benzene rings is 1. The van der Waals surface area contributed by atoms with Crippen LogP contribution in [0, 0.1) is 12.8 Å². The molecular weight excluding hydrogens is 392 g/mol. The molecule has 0 heterocycles. The van der Waals surface area contributed by atoms with Gasteiger partial charge >= 0.3 is 5.97 Å². The van der Waals surface area contributed by atoms with Crippen molar-refractivity contribution >= 4 is 5.97 Å². The maximum absolute atomic E-state index is 10.6. The summed E-state index contributed by atoms with van der Waals surface area (Å²) in [4.78, 5) is 10.6. The summed E-state index contributed by atoms with van der Waals surface area (Å²) in [6, 6.07) is 7.28. The second-order valence-corrected chi connectivity index (χ2v) is 10.5. The van der Waals surface area contributed by atoms with Crippen LogP contribution in [0.2, 0.25) is 0 Å². The number of carboxylic acid groups (broad SMARTS) is 1. The average molecular weight is 443 g/mol. The zero-order valence-corrected chi connectivity index (χ0v) is 21.2. The zero-order valence-electron chi connectivity index (χ0n) is 21.2. The van der Waals surface area contributed by atoms with Crippen LogP contribution in [0.4, 0.5) is 0 Å². The number of hydrogen-bond acceptors (Lipinski definition) is 1. The van der Waals surface area contributed by atoms with Gasteiger partial charge in [-0.1, -0.05) is 95.8 Å². The molecule has 0 bridgehead atoms. The number of carbonyl (C=O) groups is 1. The van der Waals surface area contributed by atoms with Gasteiger partial charge in [-0.25, -0.2) is 0 Å². The fourth-order valence-corrected chi connectivity index (χ4v) is 5.55. The Kier molecular flexibility index (Phi) is 13.7. The Bertz CT molecular complexity index is 628. The highest BCUT2D eigenvalue weighted by Crippen LogP contribution is 2.38. The van der Waals surface area contributed by atoms with Crippen molar-refractivity contribution in [2.75, 3.05) is 0 Å². The van der Waals surface area contributed by atoms with Gasteiger partial charge in [0.15, 0.2) is 0 Å². The van der Waals surface area contributed by atoms with E-state index in [1.54, 1.807) is 5.56 Å². The lowest BCUT2D eigenvalue weighted by atomic mass is 9.76. The van der Waals surface area contributed by atoms with E-state index in [1.807, 2.05) is 0 Å². The van der Waals surface area contributed by atoms with Gasteiger partial charge < -0.3 is 5.11 Å². The molecule has 1 aromatic carbocycles. The van der Waals surface area contributed by atoms with Crippen molar-refractivity contribution in [3.05, 3.63) is 34.9 Å². The van der Waals surface area contributed by atoms with Crippen molar-refractivity contribution in [1.29, 1.82) is 0 Å². The normalized spacial score (nSPS) is 18.7. The molecule has 0 unspecified atom stereocenters. The molecule has 0 spiro atoms. The van der Waals surface area contributed by atoms with E-state index < -0.39 is 5.97 Å². The van der Waals surface area contributed by atoms with Crippen LogP contribution in [-0.2, 0) is 11.2 Å². The third kappa shape index (κ3) is 11.0. The van der Waals surface area contributed by atoms with Gasteiger partial charge in [0.05, 0.1) is 0 Å². The first-order valence-corrected chi connectivity index (χ1v) is 13.9. The Morgan fingerprint density at radius 1 is 0.844 bits per heavy atom. The molecule has 2 nitrogen and oxygen atoms in total. The van der Waals surface area contributed by atoms with Crippen LogP contribution in [-0.4, -0.2) is 11.1 Å². The fraction of sp³-hybridized carbons (Fsp3) is 0.767. The predicted octanol–water partition coefficient (Wildman–Crippen LogP) is 9.38. The van der Waals surface area contributed by atoms with Crippen LogP contribution in [0.15, 0.2) is 18.2 Å². The largest absolute Gasteiger partial charge is 0.481 e. The number of hydrogen-bond donors (Lipinski definition) is 1. The maximum Gasteiger partial charge on any atom is 0.303 e. The van der Waals surface area contributed by atoms with E-state index in [2.05, 4.69) is 32.0 Å². The summed E-state index contributed by atoms with van der Waals surface area (Å²) >= 11 is 0. The fourth-order valence-electron chi connectivity index (χ4n) is 5.55. The van der Waals surface area contributed by atoms with E-state index in [0.717, 1.165) is 37.5 Å². The molecule has 0 aromatic heterocycles. The molecule has 1 fully saturated rings. The van der Waals surface area contributed by atoms with Gasteiger partial charge in [0.25, 0.3) is 0 Å². The van der Waals surface area contributed by atoms with E-state index in [-0.39, 0.29) is 0 Å². The molecule has 0 aliphatic heterocycles. The van der Waals surface area contributed by atoms with Crippen molar-refractivity contribution in [3.63, 3.8) is 0 Å². The van der Waals surface area contributed by atoms with E-state index in [9.17, 15) is 4.79 Å². The van der Waals surface area contributed by atoms with E-state index in [0.29, 0.717) is 6.42 Å². The molecule has 2 rings (SSSR count). The lowest BCUT2D eigenvalue weighted by Gasteiger charge is -2.29. The highest BCUT2D eigenvalue weighted by molar-refractivity contribution is 5.66. The van der Waals surface area contributed by atoms with Gasteiger partial charge in [-0.2, -0.15) is 0 Å². The zero-order chi connectivity index (χ0) is 23.0. The first kappa shape index (κ1) is 26.9. The van der Waals surface area contributed by atoms with Crippen molar-refractivity contribution in [3.8, 4) is 0 Å². The number of aliphatic carboxylic acids is 1. The number of carboxylic acids is 1. The number of rotatable bonds is 17. The molecule has 0 radical (unpaired) electrons. The second-order valence-electron chi connectivity index (χ2n) is 10.5. The first-order valence-electron chi connectivity index (χ1n) is 13.9. The van der Waals surface area contributed by atoms with Crippen LogP contribution in [0.3, 0.4) is 0 Å². The lowest BCUT2D eigenvalue weighted by molar-refractivity contribution is -0.137. The summed E-state index contributed by atoms with van der Waals surface area (Å²) in [5.41, 5.74) is 4.56. The second kappa shape index (κ2) is 16.3. The molecule has 1 aliphatic rings. The van der Waals surface area contributed by atoms with Gasteiger partial charge in [0, 0.05) is 6.42 Å². The summed E-state index contributed by atoms with van der Waals surface area (Å²) in [6.45, 7) is 4.58. The highest BCUT2D eigenvalue weighted by atomic mass is 16.4. The molecule has 182 valence electrons. The number of unbranched alkanes of at least 4 members (excludes halogenated alkanes) is 10. The van der Waals surface area contributed by atoms with Crippen molar-refractivity contribution in [2.24, 2.45) is 5.92 Å². The van der Waals surface area contributed by atoms with Gasteiger partial charge in [-0.3, -0.25) is 4.79 Å². The summed E-state index contributed by atoms with van der Waals surface area (Å²) < 4.78 is 0. The third-order valence-electron chi connectivity index (χ3n) is 7.74. The first-order chi connectivity index (χ1) is 15.6. The quantitative estimate of drug-likeness (QED) is 0.244. The minimum Gasteiger partial charge on any atom is -0.481 e. The van der Waals surface area contributed by atoms with Crippen LogP contribution in [0.25, 0.3) is 0 Å². The van der Waals surface area contributed by atoms with Gasteiger partial charge in [-0.05, 0) is 80.4 Å². The average Bonchev–Trinajstić information content (AvgIpc) is 2.79. The topological polar surface area (TPSA) is 37.3 Å². The molecule has 0 atom stereocenters. The monoisotopic (exact) mass is 442 g/mol. The molecule has 1 saturated carbocycles. The van der Waals surface area contributed by atoms with E-state index in [4.69, 9.17) is 5.11 Å². The molecule has 1 aromatic rings. The van der Waals surface area contributed by atoms with Crippen LogP contribution in [0.5, 0.6) is 0 Å². The lowest BCUT2D eigenvalue weighted by Crippen LogP contribution is -2.13. The number of aryl methyl sites for hydroxylation is 2.